The molecule has 0 saturated carbocycles. The minimum absolute atomic E-state index is 0.0258. The predicted molar refractivity (Wildman–Crippen MR) is 106 cm³/mol. The number of carbonyl (C=O) groups excluding carboxylic acids is 3. The highest BCUT2D eigenvalue weighted by atomic mass is 16.6. The molecule has 0 bridgehead atoms. The van der Waals surface area contributed by atoms with Crippen molar-refractivity contribution in [3.05, 3.63) is 0 Å². The molecule has 0 aromatic carbocycles. The van der Waals surface area contributed by atoms with Crippen molar-refractivity contribution in [3.63, 3.8) is 0 Å². The number of nitrogens with one attached hydrogen (secondary N) is 4. The average Bonchev–Trinajstić information content (AvgIpc) is 2.51. The number of alkyl carbamates (subject to hydrolysis) is 1. The van der Waals surface area contributed by atoms with E-state index >= 15 is 0 Å². The van der Waals surface area contributed by atoms with Gasteiger partial charge < -0.3 is 26.0 Å². The fraction of sp³-hybridized carbons (Fsp3) is 0.842. The Balaban J connectivity index is 4.33. The summed E-state index contributed by atoms with van der Waals surface area (Å²) in [6.45, 7) is 16.2. The molecule has 0 fully saturated rings. The molecule has 0 spiro atoms. The third-order valence-corrected chi connectivity index (χ3v) is 3.57. The van der Waals surface area contributed by atoms with Crippen molar-refractivity contribution in [1.82, 2.24) is 21.3 Å². The van der Waals surface area contributed by atoms with Crippen molar-refractivity contribution in [2.24, 2.45) is 11.8 Å². The van der Waals surface area contributed by atoms with Gasteiger partial charge in [-0.15, -0.1) is 0 Å². The second-order valence-electron chi connectivity index (χ2n) is 8.47. The number of carbonyl (C=O) groups is 3. The van der Waals surface area contributed by atoms with Crippen LogP contribution in [0.2, 0.25) is 0 Å². The SMILES string of the molecule is CC(C)CNC(=O)C(NC(=O)C(C)NCCNC(=O)OC(C)(C)C)C(C)C. The van der Waals surface area contributed by atoms with E-state index in [0.717, 1.165) is 0 Å². The highest BCUT2D eigenvalue weighted by Crippen LogP contribution is 2.06. The Morgan fingerprint density at radius 1 is 0.889 bits per heavy atom. The average molecular weight is 387 g/mol. The standard InChI is InChI=1S/C19H38N4O4/c1-12(2)11-22-17(25)15(13(3)4)23-16(24)14(5)20-9-10-21-18(26)27-19(6,7)8/h12-15,20H,9-11H2,1-8H3,(H,21,26)(H,22,25)(H,23,24). The second-order valence-corrected chi connectivity index (χ2v) is 8.47. The molecule has 0 aromatic heterocycles. The van der Waals surface area contributed by atoms with Crippen LogP contribution in [0.1, 0.15) is 55.4 Å². The summed E-state index contributed by atoms with van der Waals surface area (Å²) < 4.78 is 5.14. The van der Waals surface area contributed by atoms with Gasteiger partial charge in [0.25, 0.3) is 0 Å². The number of hydrogen-bond acceptors (Lipinski definition) is 5. The third kappa shape index (κ3) is 12.2. The van der Waals surface area contributed by atoms with Gasteiger partial charge in [0.05, 0.1) is 6.04 Å². The first-order valence-corrected chi connectivity index (χ1v) is 9.61. The first-order valence-electron chi connectivity index (χ1n) is 9.61. The van der Waals surface area contributed by atoms with Crippen LogP contribution in [0.3, 0.4) is 0 Å². The Bertz CT molecular complexity index is 487. The zero-order chi connectivity index (χ0) is 21.2. The van der Waals surface area contributed by atoms with Gasteiger partial charge in [0.15, 0.2) is 0 Å². The van der Waals surface area contributed by atoms with Gasteiger partial charge in [-0.2, -0.15) is 0 Å². The lowest BCUT2D eigenvalue weighted by Crippen LogP contribution is -2.54. The molecule has 0 aliphatic rings. The minimum Gasteiger partial charge on any atom is -0.444 e. The maximum Gasteiger partial charge on any atom is 0.407 e. The van der Waals surface area contributed by atoms with Crippen LogP contribution in [0.25, 0.3) is 0 Å². The van der Waals surface area contributed by atoms with Gasteiger partial charge in [-0.25, -0.2) is 4.79 Å². The van der Waals surface area contributed by atoms with Crippen LogP contribution < -0.4 is 21.3 Å². The number of rotatable bonds is 10. The molecule has 27 heavy (non-hydrogen) atoms. The van der Waals surface area contributed by atoms with Crippen LogP contribution in [0, 0.1) is 11.8 Å². The quantitative estimate of drug-likeness (QED) is 0.425. The van der Waals surface area contributed by atoms with Crippen molar-refractivity contribution in [2.75, 3.05) is 19.6 Å². The van der Waals surface area contributed by atoms with E-state index in [2.05, 4.69) is 21.3 Å². The molecule has 0 heterocycles. The van der Waals surface area contributed by atoms with Crippen LogP contribution in [0.15, 0.2) is 0 Å². The first-order chi connectivity index (χ1) is 12.3. The maximum atomic E-state index is 12.4. The molecule has 0 aliphatic carbocycles. The van der Waals surface area contributed by atoms with Crippen molar-refractivity contribution >= 4 is 17.9 Å². The van der Waals surface area contributed by atoms with Crippen molar-refractivity contribution in [1.29, 1.82) is 0 Å². The van der Waals surface area contributed by atoms with Crippen molar-refractivity contribution in [2.45, 2.75) is 73.1 Å². The van der Waals surface area contributed by atoms with Crippen LogP contribution in [0.4, 0.5) is 4.79 Å². The molecule has 158 valence electrons. The normalized spacial score (nSPS) is 13.9. The zero-order valence-corrected chi connectivity index (χ0v) is 18.1. The molecule has 8 nitrogen and oxygen atoms in total. The highest BCUT2D eigenvalue weighted by Gasteiger charge is 2.26. The van der Waals surface area contributed by atoms with E-state index in [0.29, 0.717) is 25.6 Å². The van der Waals surface area contributed by atoms with Gasteiger partial charge in [-0.05, 0) is 39.5 Å². The number of amides is 3. The smallest absolute Gasteiger partial charge is 0.407 e. The van der Waals surface area contributed by atoms with Crippen LogP contribution in [-0.2, 0) is 14.3 Å². The van der Waals surface area contributed by atoms with Gasteiger partial charge in [0.1, 0.15) is 11.6 Å². The molecule has 0 aromatic rings. The summed E-state index contributed by atoms with van der Waals surface area (Å²) in [6.07, 6.45) is -0.497. The van der Waals surface area contributed by atoms with E-state index in [1.54, 1.807) is 27.7 Å². The highest BCUT2D eigenvalue weighted by molar-refractivity contribution is 5.89. The Labute approximate surface area is 163 Å². The molecule has 0 aliphatic heterocycles. The summed E-state index contributed by atoms with van der Waals surface area (Å²) in [6, 6.07) is -1.08. The summed E-state index contributed by atoms with van der Waals surface area (Å²) in [5.74, 6) is -0.116. The monoisotopic (exact) mass is 386 g/mol. The Kier molecular flexibility index (Phi) is 11.0. The predicted octanol–water partition coefficient (Wildman–Crippen LogP) is 1.40. The fourth-order valence-corrected chi connectivity index (χ4v) is 2.09. The first kappa shape index (κ1) is 25.2. The fourth-order valence-electron chi connectivity index (χ4n) is 2.09. The van der Waals surface area contributed by atoms with E-state index < -0.39 is 23.8 Å². The molecule has 0 saturated heterocycles. The van der Waals surface area contributed by atoms with Gasteiger partial charge in [0.2, 0.25) is 11.8 Å². The lowest BCUT2D eigenvalue weighted by molar-refractivity contribution is -0.130. The summed E-state index contributed by atoms with van der Waals surface area (Å²) in [4.78, 5) is 36.2. The molecule has 2 atom stereocenters. The van der Waals surface area contributed by atoms with Gasteiger partial charge >= 0.3 is 6.09 Å². The largest absolute Gasteiger partial charge is 0.444 e. The maximum absolute atomic E-state index is 12.4. The van der Waals surface area contributed by atoms with Crippen molar-refractivity contribution < 1.29 is 19.1 Å². The number of hydrogen-bond donors (Lipinski definition) is 4. The molecule has 2 unspecified atom stereocenters. The van der Waals surface area contributed by atoms with Gasteiger partial charge in [0, 0.05) is 19.6 Å². The zero-order valence-electron chi connectivity index (χ0n) is 18.1. The Morgan fingerprint density at radius 3 is 1.96 bits per heavy atom. The van der Waals surface area contributed by atoms with Gasteiger partial charge in [-0.1, -0.05) is 27.7 Å². The minimum atomic E-state index is -0.583. The Hall–Kier alpha value is -1.83. The molecule has 0 rings (SSSR count). The van der Waals surface area contributed by atoms with Gasteiger partial charge in [-0.3, -0.25) is 9.59 Å². The third-order valence-electron chi connectivity index (χ3n) is 3.57. The lowest BCUT2D eigenvalue weighted by Gasteiger charge is -2.24. The molecule has 3 amide bonds. The summed E-state index contributed by atoms with van der Waals surface area (Å²) >= 11 is 0. The van der Waals surface area contributed by atoms with Crippen molar-refractivity contribution in [3.8, 4) is 0 Å². The number of ether oxygens (including phenoxy) is 1. The van der Waals surface area contributed by atoms with Crippen LogP contribution in [-0.4, -0.2) is 55.2 Å². The molecule has 4 N–H and O–H groups in total. The molecule has 0 radical (unpaired) electrons. The summed E-state index contributed by atoms with van der Waals surface area (Å²) in [7, 11) is 0. The molecular weight excluding hydrogens is 348 g/mol. The van der Waals surface area contributed by atoms with E-state index in [1.807, 2.05) is 27.7 Å². The summed E-state index contributed by atoms with van der Waals surface area (Å²) in [5, 5.41) is 11.3. The molecule has 8 heteroatoms. The van der Waals surface area contributed by atoms with E-state index in [4.69, 9.17) is 4.74 Å². The Morgan fingerprint density at radius 2 is 1.48 bits per heavy atom. The van der Waals surface area contributed by atoms with Crippen LogP contribution in [0.5, 0.6) is 0 Å². The van der Waals surface area contributed by atoms with Crippen LogP contribution >= 0.6 is 0 Å². The van der Waals surface area contributed by atoms with E-state index in [1.165, 1.54) is 0 Å². The molecular formula is C19H38N4O4. The topological polar surface area (TPSA) is 109 Å². The second kappa shape index (κ2) is 11.8. The summed E-state index contributed by atoms with van der Waals surface area (Å²) in [5.41, 5.74) is -0.549. The van der Waals surface area contributed by atoms with E-state index in [9.17, 15) is 14.4 Å². The lowest BCUT2D eigenvalue weighted by atomic mass is 10.0. The van der Waals surface area contributed by atoms with E-state index in [-0.39, 0.29) is 17.7 Å².